The van der Waals surface area contributed by atoms with Gasteiger partial charge < -0.3 is 10.6 Å². The molecule has 1 amide bonds. The summed E-state index contributed by atoms with van der Waals surface area (Å²) in [5.41, 5.74) is 4.48. The molecule has 126 valence electrons. The molecule has 2 N–H and O–H groups in total. The van der Waals surface area contributed by atoms with E-state index in [-0.39, 0.29) is 11.8 Å². The van der Waals surface area contributed by atoms with Crippen LogP contribution in [0.1, 0.15) is 43.2 Å². The highest BCUT2D eigenvalue weighted by atomic mass is 16.1. The van der Waals surface area contributed by atoms with Crippen LogP contribution in [0.4, 0.5) is 11.4 Å². The molecule has 0 radical (unpaired) electrons. The van der Waals surface area contributed by atoms with E-state index in [4.69, 9.17) is 0 Å². The third kappa shape index (κ3) is 4.60. The molecule has 0 aromatic heterocycles. The molecule has 0 aliphatic heterocycles. The number of hydrogen-bond donors (Lipinski definition) is 2. The third-order valence-electron chi connectivity index (χ3n) is 4.71. The molecule has 0 bridgehead atoms. The Morgan fingerprint density at radius 2 is 1.71 bits per heavy atom. The van der Waals surface area contributed by atoms with Gasteiger partial charge in [0.15, 0.2) is 0 Å². The fourth-order valence-electron chi connectivity index (χ4n) is 3.31. The van der Waals surface area contributed by atoms with E-state index < -0.39 is 0 Å². The van der Waals surface area contributed by atoms with E-state index in [1.54, 1.807) is 0 Å². The second-order valence-electron chi connectivity index (χ2n) is 6.74. The number of amides is 1. The van der Waals surface area contributed by atoms with Gasteiger partial charge in [0.25, 0.3) is 0 Å². The molecular weight excluding hydrogens is 296 g/mol. The first-order valence-electron chi connectivity index (χ1n) is 8.91. The van der Waals surface area contributed by atoms with Crippen molar-refractivity contribution >= 4 is 17.3 Å². The average Bonchev–Trinajstić information content (AvgIpc) is 2.62. The van der Waals surface area contributed by atoms with Crippen molar-refractivity contribution in [1.82, 2.24) is 0 Å². The Balaban J connectivity index is 1.52. The first kappa shape index (κ1) is 16.6. The maximum absolute atomic E-state index is 12.3. The highest BCUT2D eigenvalue weighted by molar-refractivity contribution is 5.92. The van der Waals surface area contributed by atoms with Crippen LogP contribution in [0.3, 0.4) is 0 Å². The molecule has 1 aliphatic rings. The van der Waals surface area contributed by atoms with Crippen molar-refractivity contribution in [2.24, 2.45) is 5.92 Å². The molecule has 2 aromatic rings. The number of carbonyl (C=O) groups is 1. The predicted octanol–water partition coefficient (Wildman–Crippen LogP) is 5.13. The van der Waals surface area contributed by atoms with E-state index in [1.165, 1.54) is 30.4 Å². The van der Waals surface area contributed by atoms with E-state index in [0.717, 1.165) is 30.8 Å². The van der Waals surface area contributed by atoms with Crippen molar-refractivity contribution < 1.29 is 4.79 Å². The van der Waals surface area contributed by atoms with Gasteiger partial charge in [-0.2, -0.15) is 0 Å². The standard InChI is InChI=1S/C21H26N2O/c1-16-6-5-7-17(14-16)15-22-19-10-12-20(13-11-19)23-21(24)18-8-3-2-4-9-18/h5-7,10-14,18,22H,2-4,8-9,15H2,1H3,(H,23,24). The molecule has 3 nitrogen and oxygen atoms in total. The van der Waals surface area contributed by atoms with Gasteiger partial charge in [-0.1, -0.05) is 49.1 Å². The van der Waals surface area contributed by atoms with Crippen LogP contribution >= 0.6 is 0 Å². The lowest BCUT2D eigenvalue weighted by molar-refractivity contribution is -0.120. The smallest absolute Gasteiger partial charge is 0.227 e. The Morgan fingerprint density at radius 3 is 2.42 bits per heavy atom. The molecule has 0 saturated heterocycles. The van der Waals surface area contributed by atoms with E-state index in [0.29, 0.717) is 0 Å². The lowest BCUT2D eigenvalue weighted by atomic mass is 9.88. The second-order valence-corrected chi connectivity index (χ2v) is 6.74. The van der Waals surface area contributed by atoms with E-state index in [9.17, 15) is 4.79 Å². The third-order valence-corrected chi connectivity index (χ3v) is 4.71. The Morgan fingerprint density at radius 1 is 1.00 bits per heavy atom. The van der Waals surface area contributed by atoms with Crippen LogP contribution in [-0.4, -0.2) is 5.91 Å². The molecule has 2 aromatic carbocycles. The van der Waals surface area contributed by atoms with Gasteiger partial charge in [-0.05, 0) is 49.6 Å². The normalized spacial score (nSPS) is 15.0. The largest absolute Gasteiger partial charge is 0.381 e. The van der Waals surface area contributed by atoms with Gasteiger partial charge in [0.05, 0.1) is 0 Å². The molecule has 0 spiro atoms. The molecule has 0 unspecified atom stereocenters. The van der Waals surface area contributed by atoms with Crippen molar-refractivity contribution in [1.29, 1.82) is 0 Å². The second kappa shape index (κ2) is 8.00. The zero-order chi connectivity index (χ0) is 16.8. The highest BCUT2D eigenvalue weighted by Crippen LogP contribution is 2.25. The molecule has 0 atom stereocenters. The Hall–Kier alpha value is -2.29. The van der Waals surface area contributed by atoms with Gasteiger partial charge in [0, 0.05) is 23.8 Å². The molecule has 3 rings (SSSR count). The molecule has 0 heterocycles. The van der Waals surface area contributed by atoms with Crippen LogP contribution in [0.2, 0.25) is 0 Å². The number of benzene rings is 2. The number of nitrogens with one attached hydrogen (secondary N) is 2. The minimum Gasteiger partial charge on any atom is -0.381 e. The topological polar surface area (TPSA) is 41.1 Å². The zero-order valence-corrected chi connectivity index (χ0v) is 14.3. The summed E-state index contributed by atoms with van der Waals surface area (Å²) in [5.74, 6) is 0.369. The van der Waals surface area contributed by atoms with Crippen LogP contribution < -0.4 is 10.6 Å². The van der Waals surface area contributed by atoms with Gasteiger partial charge in [0.2, 0.25) is 5.91 Å². The molecule has 24 heavy (non-hydrogen) atoms. The maximum atomic E-state index is 12.3. The maximum Gasteiger partial charge on any atom is 0.227 e. The monoisotopic (exact) mass is 322 g/mol. The fraction of sp³-hybridized carbons (Fsp3) is 0.381. The molecular formula is C21H26N2O. The first-order chi connectivity index (χ1) is 11.7. The van der Waals surface area contributed by atoms with E-state index in [2.05, 4.69) is 41.8 Å². The summed E-state index contributed by atoms with van der Waals surface area (Å²) in [6.07, 6.45) is 5.69. The van der Waals surface area contributed by atoms with Crippen LogP contribution in [0.15, 0.2) is 48.5 Å². The van der Waals surface area contributed by atoms with E-state index in [1.807, 2.05) is 24.3 Å². The van der Waals surface area contributed by atoms with Gasteiger partial charge in [-0.25, -0.2) is 0 Å². The highest BCUT2D eigenvalue weighted by Gasteiger charge is 2.20. The van der Waals surface area contributed by atoms with Crippen molar-refractivity contribution in [3.63, 3.8) is 0 Å². The fourth-order valence-corrected chi connectivity index (χ4v) is 3.31. The molecule has 1 fully saturated rings. The minimum atomic E-state index is 0.176. The number of hydrogen-bond acceptors (Lipinski definition) is 2. The molecule has 1 aliphatic carbocycles. The Kier molecular flexibility index (Phi) is 5.52. The van der Waals surface area contributed by atoms with Gasteiger partial charge in [-0.15, -0.1) is 0 Å². The van der Waals surface area contributed by atoms with Crippen LogP contribution in [0, 0.1) is 12.8 Å². The average molecular weight is 322 g/mol. The lowest BCUT2D eigenvalue weighted by Gasteiger charge is -2.20. The summed E-state index contributed by atoms with van der Waals surface area (Å²) in [6.45, 7) is 2.91. The molecule has 3 heteroatoms. The Bertz CT molecular complexity index is 672. The summed E-state index contributed by atoms with van der Waals surface area (Å²) in [5, 5.41) is 6.47. The zero-order valence-electron chi connectivity index (χ0n) is 14.3. The van der Waals surface area contributed by atoms with Crippen LogP contribution in [0.5, 0.6) is 0 Å². The number of carbonyl (C=O) groups excluding carboxylic acids is 1. The number of rotatable bonds is 5. The SMILES string of the molecule is Cc1cccc(CNc2ccc(NC(=O)C3CCCCC3)cc2)c1. The summed E-state index contributed by atoms with van der Waals surface area (Å²) in [6, 6.07) is 16.5. The van der Waals surface area contributed by atoms with Crippen molar-refractivity contribution in [3.05, 3.63) is 59.7 Å². The first-order valence-corrected chi connectivity index (χ1v) is 8.91. The van der Waals surface area contributed by atoms with Gasteiger partial charge in [-0.3, -0.25) is 4.79 Å². The van der Waals surface area contributed by atoms with Gasteiger partial charge in [0.1, 0.15) is 0 Å². The predicted molar refractivity (Wildman–Crippen MR) is 100 cm³/mol. The van der Waals surface area contributed by atoms with Gasteiger partial charge >= 0.3 is 0 Å². The number of anilines is 2. The lowest BCUT2D eigenvalue weighted by Crippen LogP contribution is -2.24. The van der Waals surface area contributed by atoms with Crippen molar-refractivity contribution in [2.45, 2.75) is 45.6 Å². The number of aryl methyl sites for hydroxylation is 1. The summed E-state index contributed by atoms with van der Waals surface area (Å²) >= 11 is 0. The Labute approximate surface area is 144 Å². The summed E-state index contributed by atoms with van der Waals surface area (Å²) in [4.78, 5) is 12.3. The van der Waals surface area contributed by atoms with Crippen LogP contribution in [-0.2, 0) is 11.3 Å². The van der Waals surface area contributed by atoms with E-state index >= 15 is 0 Å². The summed E-state index contributed by atoms with van der Waals surface area (Å²) in [7, 11) is 0. The minimum absolute atomic E-state index is 0.176. The molecule has 1 saturated carbocycles. The summed E-state index contributed by atoms with van der Waals surface area (Å²) < 4.78 is 0. The van der Waals surface area contributed by atoms with Crippen LogP contribution in [0.25, 0.3) is 0 Å². The quantitative estimate of drug-likeness (QED) is 0.801. The van der Waals surface area contributed by atoms with Crippen molar-refractivity contribution in [3.8, 4) is 0 Å². The van der Waals surface area contributed by atoms with Crippen molar-refractivity contribution in [2.75, 3.05) is 10.6 Å².